The number of esters is 1. The number of aromatic nitrogens is 4. The van der Waals surface area contributed by atoms with E-state index in [1.54, 1.807) is 41.1 Å². The first kappa shape index (κ1) is 48.0. The summed E-state index contributed by atoms with van der Waals surface area (Å²) in [5, 5.41) is 25.0. The Kier molecular flexibility index (Phi) is 12.6. The molecule has 4 amide bonds. The van der Waals surface area contributed by atoms with Gasteiger partial charge in [-0.15, -0.1) is 5.10 Å². The highest BCUT2D eigenvalue weighted by atomic mass is 32.1. The van der Waals surface area contributed by atoms with E-state index in [1.807, 2.05) is 157 Å². The number of rotatable bonds is 11. The number of carbonyl (C=O) groups excluding carboxylic acids is 4. The molecule has 7 aromatic carbocycles. The number of carbonyl (C=O) groups is 4. The van der Waals surface area contributed by atoms with E-state index in [-0.39, 0.29) is 30.6 Å². The van der Waals surface area contributed by atoms with Crippen molar-refractivity contribution in [3.8, 4) is 17.6 Å². The van der Waals surface area contributed by atoms with Crippen molar-refractivity contribution < 1.29 is 33.8 Å². The molecule has 16 heteroatoms. The zero-order valence-corrected chi connectivity index (χ0v) is 41.7. The van der Waals surface area contributed by atoms with Crippen molar-refractivity contribution in [3.63, 3.8) is 0 Å². The van der Waals surface area contributed by atoms with Crippen LogP contribution in [0, 0.1) is 17.8 Å². The molecule has 0 unspecified atom stereocenters. The first-order valence-corrected chi connectivity index (χ1v) is 25.7. The van der Waals surface area contributed by atoms with Crippen molar-refractivity contribution in [2.75, 3.05) is 23.4 Å². The Morgan fingerprint density at radius 2 is 1.49 bits per heavy atom. The van der Waals surface area contributed by atoms with Crippen molar-refractivity contribution in [3.05, 3.63) is 215 Å². The number of amides is 4. The van der Waals surface area contributed by atoms with Gasteiger partial charge in [0, 0.05) is 5.56 Å². The number of nitrogens with zero attached hydrogens (tertiary/aromatic N) is 6. The van der Waals surface area contributed by atoms with E-state index in [0.717, 1.165) is 26.2 Å². The number of aliphatic hydroxyl groups is 1. The number of thiazole rings is 1. The number of cyclic esters (lactones) is 1. The molecule has 15 nitrogen and oxygen atoms in total. The number of fused-ring (bicyclic) bond motifs is 5. The summed E-state index contributed by atoms with van der Waals surface area (Å²) in [5.74, 6) is 3.12. The number of hydrogen-bond acceptors (Lipinski definition) is 12. The minimum atomic E-state index is -2.10. The van der Waals surface area contributed by atoms with Crippen LogP contribution in [0.1, 0.15) is 64.5 Å². The molecule has 12 rings (SSSR count). The molecule has 2 aromatic heterocycles. The van der Waals surface area contributed by atoms with E-state index in [4.69, 9.17) is 14.5 Å². The van der Waals surface area contributed by atoms with E-state index in [9.17, 15) is 5.11 Å². The molecule has 376 valence electrons. The lowest BCUT2D eigenvalue weighted by atomic mass is 9.65. The number of hydrogen-bond donors (Lipinski definition) is 3. The number of imide groups is 1. The number of morpholine rings is 1. The fourth-order valence-electron chi connectivity index (χ4n) is 11.4. The van der Waals surface area contributed by atoms with Crippen LogP contribution < -0.4 is 20.3 Å². The van der Waals surface area contributed by atoms with Crippen LogP contribution >= 0.6 is 11.3 Å². The fourth-order valence-corrected chi connectivity index (χ4v) is 12.2. The summed E-state index contributed by atoms with van der Waals surface area (Å²) in [4.78, 5) is 71.9. The lowest BCUT2D eigenvalue weighted by Crippen LogP contribution is -2.55. The van der Waals surface area contributed by atoms with Gasteiger partial charge in [0.1, 0.15) is 42.0 Å². The molecule has 5 heterocycles. The Morgan fingerprint density at radius 1 is 0.789 bits per heavy atom. The number of ether oxygens (including phenoxy) is 2. The van der Waals surface area contributed by atoms with Crippen LogP contribution in [0.15, 0.2) is 182 Å². The van der Waals surface area contributed by atoms with Gasteiger partial charge >= 0.3 is 12.0 Å². The van der Waals surface area contributed by atoms with Crippen molar-refractivity contribution >= 4 is 67.2 Å². The van der Waals surface area contributed by atoms with Crippen LogP contribution in [-0.2, 0) is 31.1 Å². The second kappa shape index (κ2) is 20.0. The number of anilines is 2. The molecule has 3 aliphatic heterocycles. The van der Waals surface area contributed by atoms with Crippen LogP contribution in [0.25, 0.3) is 21.3 Å². The average molecular weight is 1030 g/mol. The zero-order valence-electron chi connectivity index (χ0n) is 40.9. The minimum absolute atomic E-state index is 0.0322. The third-order valence-electron chi connectivity index (χ3n) is 14.5. The quantitative estimate of drug-likeness (QED) is 0.0830. The van der Waals surface area contributed by atoms with Gasteiger partial charge in [0.15, 0.2) is 5.13 Å². The predicted molar refractivity (Wildman–Crippen MR) is 287 cm³/mol. The van der Waals surface area contributed by atoms with Gasteiger partial charge in [0.2, 0.25) is 11.8 Å². The van der Waals surface area contributed by atoms with Gasteiger partial charge in [-0.25, -0.2) is 19.4 Å². The van der Waals surface area contributed by atoms with Gasteiger partial charge in [-0.3, -0.25) is 19.3 Å². The monoisotopic (exact) mass is 1020 g/mol. The molecule has 76 heavy (non-hydrogen) atoms. The van der Waals surface area contributed by atoms with E-state index in [2.05, 4.69) is 32.8 Å². The SMILES string of the molecule is C[C@@H](NC(=O)N1C(=O)[C@@]2(c3cc(C#CCn4nnc5ccccc54)ccc31)[C@H](c1cccc(OCCO)c1)N1[C@H](c3ccccc3)[C@H](c3ccccc3)OC(=O)[C@H]1[C@@H]2C(=O)Nc1nc2ccccc2s1)c1ccccc1. The Labute approximate surface area is 440 Å². The molecular formula is C60H48N8O7S. The van der Waals surface area contributed by atoms with Crippen LogP contribution in [-0.4, -0.2) is 73.1 Å². The van der Waals surface area contributed by atoms with Gasteiger partial charge in [0.25, 0.3) is 0 Å². The minimum Gasteiger partial charge on any atom is -0.491 e. The maximum Gasteiger partial charge on any atom is 0.329 e. The molecule has 1 spiro atoms. The van der Waals surface area contributed by atoms with Gasteiger partial charge in [-0.2, -0.15) is 0 Å². The lowest BCUT2D eigenvalue weighted by molar-refractivity contribution is -0.177. The largest absolute Gasteiger partial charge is 0.491 e. The topological polar surface area (TPSA) is 181 Å². The molecule has 3 N–H and O–H groups in total. The smallest absolute Gasteiger partial charge is 0.329 e. The summed E-state index contributed by atoms with van der Waals surface area (Å²) in [6, 6.07) is 50.9. The molecule has 7 atom stereocenters. The molecule has 0 radical (unpaired) electrons. The van der Waals surface area contributed by atoms with Crippen molar-refractivity contribution in [2.45, 2.75) is 49.2 Å². The average Bonchev–Trinajstić information content (AvgIpc) is 4.12. The molecule has 0 aliphatic carbocycles. The number of aliphatic hydroxyl groups excluding tert-OH is 1. The Hall–Kier alpha value is -9.01. The number of nitrogens with one attached hydrogen (secondary N) is 2. The van der Waals surface area contributed by atoms with Gasteiger partial charge < -0.3 is 25.2 Å². The Balaban J connectivity index is 1.12. The molecule has 2 fully saturated rings. The highest BCUT2D eigenvalue weighted by molar-refractivity contribution is 7.22. The molecule has 0 saturated carbocycles. The third kappa shape index (κ3) is 8.31. The number of urea groups is 1. The normalized spacial score (nSPS) is 21.1. The van der Waals surface area contributed by atoms with Gasteiger partial charge in [0.05, 0.1) is 52.1 Å². The summed E-state index contributed by atoms with van der Waals surface area (Å²) < 4.78 is 15.2. The fraction of sp³-hybridized carbons (Fsp3) is 0.183. The van der Waals surface area contributed by atoms with E-state index >= 15 is 19.2 Å². The third-order valence-corrected chi connectivity index (χ3v) is 15.5. The van der Waals surface area contributed by atoms with Crippen molar-refractivity contribution in [1.82, 2.24) is 30.2 Å². The molecule has 3 aliphatic rings. The number of benzene rings is 7. The van der Waals surface area contributed by atoms with Crippen LogP contribution in [0.3, 0.4) is 0 Å². The highest BCUT2D eigenvalue weighted by Crippen LogP contribution is 2.66. The molecule has 0 bridgehead atoms. The lowest BCUT2D eigenvalue weighted by Gasteiger charge is -2.46. The molecule has 9 aromatic rings. The maximum absolute atomic E-state index is 16.9. The highest BCUT2D eigenvalue weighted by Gasteiger charge is 2.75. The second-order valence-electron chi connectivity index (χ2n) is 18.9. The zero-order chi connectivity index (χ0) is 51.9. The first-order chi connectivity index (χ1) is 37.2. The standard InChI is InChI=1S/C60H48N8O7S/c1-37(39-18-5-2-6-19-39)61-59(73)67-47-31-30-38(17-16-32-66-48-28-13-11-26-45(48)64-65-66)35-44(47)60(57(67)72)50(55(70)63-58-62-46-27-12-14-29-49(46)76-58)52-56(71)75-53(41-22-9-4-10-23-41)51(40-20-7-3-8-21-40)68(52)54(60)42-24-15-25-43(36-42)74-34-33-69/h2-15,18-31,35-37,50-54,69H,32-34H2,1H3,(H,61,73)(H,62,63,70)/t37-,50-,51-,52-,53+,54+,60-/m1/s1. The Morgan fingerprint density at radius 3 is 2.25 bits per heavy atom. The van der Waals surface area contributed by atoms with E-state index in [1.165, 1.54) is 11.3 Å². The van der Waals surface area contributed by atoms with Gasteiger partial charge in [-0.05, 0) is 89.3 Å². The summed E-state index contributed by atoms with van der Waals surface area (Å²) in [6.45, 7) is 1.70. The van der Waals surface area contributed by atoms with Crippen LogP contribution in [0.5, 0.6) is 5.75 Å². The second-order valence-corrected chi connectivity index (χ2v) is 19.9. The predicted octanol–water partition coefficient (Wildman–Crippen LogP) is 9.24. The van der Waals surface area contributed by atoms with Crippen LogP contribution in [0.4, 0.5) is 15.6 Å². The molecular weight excluding hydrogens is 977 g/mol. The summed E-state index contributed by atoms with van der Waals surface area (Å²) >= 11 is 1.26. The van der Waals surface area contributed by atoms with Crippen LogP contribution in [0.2, 0.25) is 0 Å². The Bertz CT molecular complexity index is 3720. The summed E-state index contributed by atoms with van der Waals surface area (Å²) in [7, 11) is 0. The van der Waals surface area contributed by atoms with Gasteiger partial charge in [-0.1, -0.05) is 156 Å². The molecule has 2 saturated heterocycles. The number of para-hydroxylation sites is 2. The van der Waals surface area contributed by atoms with Crippen molar-refractivity contribution in [2.24, 2.45) is 5.92 Å². The maximum atomic E-state index is 16.9. The van der Waals surface area contributed by atoms with E-state index < -0.39 is 65.4 Å². The first-order valence-electron chi connectivity index (χ1n) is 24.9. The van der Waals surface area contributed by atoms with Crippen molar-refractivity contribution in [1.29, 1.82) is 0 Å². The van der Waals surface area contributed by atoms with E-state index in [0.29, 0.717) is 39.0 Å². The summed E-state index contributed by atoms with van der Waals surface area (Å²) in [5.41, 5.74) is 3.75. The summed E-state index contributed by atoms with van der Waals surface area (Å²) in [6.07, 6.45) is -0.945.